The summed E-state index contributed by atoms with van der Waals surface area (Å²) in [5, 5.41) is 3.51. The molecule has 1 aliphatic rings. The van der Waals surface area contributed by atoms with Gasteiger partial charge in [0, 0.05) is 22.4 Å². The highest BCUT2D eigenvalue weighted by molar-refractivity contribution is 7.16. The predicted octanol–water partition coefficient (Wildman–Crippen LogP) is 4.43. The van der Waals surface area contributed by atoms with Crippen LogP contribution in [0.15, 0.2) is 34.9 Å². The van der Waals surface area contributed by atoms with Gasteiger partial charge in [-0.1, -0.05) is 31.2 Å². The number of nitrogens with zero attached hydrogens (tertiary/aromatic N) is 1. The molecule has 0 saturated heterocycles. The molecule has 1 N–H and O–H groups in total. The third-order valence-corrected chi connectivity index (χ3v) is 5.18. The van der Waals surface area contributed by atoms with E-state index in [2.05, 4.69) is 22.4 Å². The smallest absolute Gasteiger partial charge is 0.293 e. The number of aromatic nitrogens is 1. The van der Waals surface area contributed by atoms with Gasteiger partial charge in [-0.05, 0) is 24.5 Å². The van der Waals surface area contributed by atoms with Crippen molar-refractivity contribution in [3.8, 4) is 11.3 Å². The molecule has 116 valence electrons. The van der Waals surface area contributed by atoms with Gasteiger partial charge >= 0.3 is 0 Å². The molecule has 0 fully saturated rings. The molecule has 4 nitrogen and oxygen atoms in total. The van der Waals surface area contributed by atoms with Crippen molar-refractivity contribution in [2.24, 2.45) is 0 Å². The van der Waals surface area contributed by atoms with Crippen LogP contribution in [0.4, 0.5) is 5.13 Å². The fourth-order valence-electron chi connectivity index (χ4n) is 3.07. The topological polar surface area (TPSA) is 55.1 Å². The Bertz CT molecular complexity index is 908. The Balaban J connectivity index is 1.61. The van der Waals surface area contributed by atoms with Gasteiger partial charge in [-0.3, -0.25) is 10.1 Å². The molecule has 0 saturated carbocycles. The minimum atomic E-state index is -0.226. The third kappa shape index (κ3) is 2.28. The number of aryl methyl sites for hydroxylation is 1. The van der Waals surface area contributed by atoms with Crippen molar-refractivity contribution >= 4 is 22.4 Å². The van der Waals surface area contributed by atoms with Gasteiger partial charge in [-0.25, -0.2) is 4.98 Å². The van der Waals surface area contributed by atoms with Crippen LogP contribution in [-0.2, 0) is 12.8 Å². The Hall–Kier alpha value is -2.40. The van der Waals surface area contributed by atoms with Crippen molar-refractivity contribution in [2.75, 3.05) is 5.32 Å². The van der Waals surface area contributed by atoms with Gasteiger partial charge in [0.2, 0.25) is 0 Å². The number of nitrogens with one attached hydrogen (secondary N) is 1. The first-order valence-electron chi connectivity index (χ1n) is 7.63. The highest BCUT2D eigenvalue weighted by atomic mass is 32.1. The maximum absolute atomic E-state index is 12.4. The Labute approximate surface area is 138 Å². The van der Waals surface area contributed by atoms with Crippen LogP contribution in [0.5, 0.6) is 0 Å². The monoisotopic (exact) mass is 324 g/mol. The lowest BCUT2D eigenvalue weighted by molar-refractivity contribution is 0.0995. The van der Waals surface area contributed by atoms with Crippen LogP contribution < -0.4 is 5.32 Å². The summed E-state index contributed by atoms with van der Waals surface area (Å²) in [6, 6.07) is 8.27. The van der Waals surface area contributed by atoms with Gasteiger partial charge in [0.1, 0.15) is 0 Å². The molecule has 1 aliphatic carbocycles. The van der Waals surface area contributed by atoms with Gasteiger partial charge in [0.05, 0.1) is 12.0 Å². The fourth-order valence-corrected chi connectivity index (χ4v) is 4.06. The summed E-state index contributed by atoms with van der Waals surface area (Å²) in [6.45, 7) is 3.97. The van der Waals surface area contributed by atoms with E-state index in [0.717, 1.165) is 29.7 Å². The Kier molecular flexibility index (Phi) is 3.31. The van der Waals surface area contributed by atoms with Gasteiger partial charge in [0.15, 0.2) is 10.9 Å². The average molecular weight is 324 g/mol. The van der Waals surface area contributed by atoms with Crippen LogP contribution in [0.25, 0.3) is 11.3 Å². The SMILES string of the molecule is CCc1c(C)coc1C(=O)Nc1nc2c(s1)Cc1ccccc1-2. The second-order valence-electron chi connectivity index (χ2n) is 5.66. The number of furan rings is 1. The number of hydrogen-bond donors (Lipinski definition) is 1. The van der Waals surface area contributed by atoms with Crippen LogP contribution in [0.2, 0.25) is 0 Å². The zero-order chi connectivity index (χ0) is 16.0. The molecule has 0 bridgehead atoms. The van der Waals surface area contributed by atoms with Crippen molar-refractivity contribution in [1.82, 2.24) is 4.98 Å². The molecule has 1 amide bonds. The number of hydrogen-bond acceptors (Lipinski definition) is 4. The zero-order valence-corrected chi connectivity index (χ0v) is 13.8. The molecule has 4 rings (SSSR count). The highest BCUT2D eigenvalue weighted by Crippen LogP contribution is 2.40. The van der Waals surface area contributed by atoms with Gasteiger partial charge < -0.3 is 4.42 Å². The summed E-state index contributed by atoms with van der Waals surface area (Å²) < 4.78 is 5.42. The molecule has 0 aliphatic heterocycles. The van der Waals surface area contributed by atoms with Crippen LogP contribution in [0.1, 0.15) is 39.0 Å². The Morgan fingerprint density at radius 2 is 2.22 bits per heavy atom. The maximum atomic E-state index is 12.4. The van der Waals surface area contributed by atoms with E-state index in [1.54, 1.807) is 6.26 Å². The summed E-state index contributed by atoms with van der Waals surface area (Å²) in [4.78, 5) is 18.2. The van der Waals surface area contributed by atoms with Gasteiger partial charge in [0.25, 0.3) is 5.91 Å². The zero-order valence-electron chi connectivity index (χ0n) is 13.0. The second-order valence-corrected chi connectivity index (χ2v) is 6.74. The first-order valence-corrected chi connectivity index (χ1v) is 8.45. The molecule has 0 unspecified atom stereocenters. The first kappa shape index (κ1) is 14.2. The second kappa shape index (κ2) is 5.35. The Morgan fingerprint density at radius 1 is 1.39 bits per heavy atom. The van der Waals surface area contributed by atoms with Crippen LogP contribution in [0.3, 0.4) is 0 Å². The molecular formula is C18H16N2O2S. The molecule has 0 radical (unpaired) electrons. The van der Waals surface area contributed by atoms with E-state index in [1.807, 2.05) is 26.0 Å². The molecule has 5 heteroatoms. The lowest BCUT2D eigenvalue weighted by Crippen LogP contribution is -2.12. The number of carbonyl (C=O) groups is 1. The summed E-state index contributed by atoms with van der Waals surface area (Å²) >= 11 is 1.54. The van der Waals surface area contributed by atoms with E-state index in [0.29, 0.717) is 10.9 Å². The molecule has 0 spiro atoms. The summed E-state index contributed by atoms with van der Waals surface area (Å²) in [7, 11) is 0. The number of carbonyl (C=O) groups excluding carboxylic acids is 1. The van der Waals surface area contributed by atoms with E-state index in [9.17, 15) is 4.79 Å². The first-order chi connectivity index (χ1) is 11.2. The van der Waals surface area contributed by atoms with Gasteiger partial charge in [-0.2, -0.15) is 0 Å². The normalized spacial score (nSPS) is 12.1. The molecule has 2 heterocycles. The van der Waals surface area contributed by atoms with E-state index < -0.39 is 0 Å². The quantitative estimate of drug-likeness (QED) is 0.606. The molecule has 23 heavy (non-hydrogen) atoms. The van der Waals surface area contributed by atoms with E-state index in [-0.39, 0.29) is 5.91 Å². The van der Waals surface area contributed by atoms with Crippen molar-refractivity contribution in [3.05, 3.63) is 57.9 Å². The van der Waals surface area contributed by atoms with Crippen molar-refractivity contribution in [1.29, 1.82) is 0 Å². The number of anilines is 1. The highest BCUT2D eigenvalue weighted by Gasteiger charge is 2.24. The van der Waals surface area contributed by atoms with E-state index in [4.69, 9.17) is 4.42 Å². The van der Waals surface area contributed by atoms with Crippen molar-refractivity contribution in [3.63, 3.8) is 0 Å². The number of benzene rings is 1. The van der Waals surface area contributed by atoms with Crippen LogP contribution in [-0.4, -0.2) is 10.9 Å². The summed E-state index contributed by atoms with van der Waals surface area (Å²) in [5.74, 6) is 0.163. The minimum Gasteiger partial charge on any atom is -0.459 e. The lowest BCUT2D eigenvalue weighted by Gasteiger charge is -2.02. The Morgan fingerprint density at radius 3 is 3.04 bits per heavy atom. The lowest BCUT2D eigenvalue weighted by atomic mass is 10.1. The number of rotatable bonds is 3. The number of amides is 1. The van der Waals surface area contributed by atoms with E-state index >= 15 is 0 Å². The fraction of sp³-hybridized carbons (Fsp3) is 0.222. The molecule has 3 aromatic rings. The molecule has 0 atom stereocenters. The largest absolute Gasteiger partial charge is 0.459 e. The van der Waals surface area contributed by atoms with Crippen LogP contribution in [0, 0.1) is 6.92 Å². The predicted molar refractivity (Wildman–Crippen MR) is 91.1 cm³/mol. The standard InChI is InChI=1S/C18H16N2O2S/c1-3-12-10(2)9-22-16(12)17(21)20-18-19-15-13-7-5-4-6-11(13)8-14(15)23-18/h4-7,9H,3,8H2,1-2H3,(H,19,20,21). The summed E-state index contributed by atoms with van der Waals surface area (Å²) in [5.41, 5.74) is 5.42. The molecule has 1 aromatic carbocycles. The minimum absolute atomic E-state index is 0.226. The van der Waals surface area contributed by atoms with Crippen LogP contribution >= 0.6 is 11.3 Å². The van der Waals surface area contributed by atoms with Crippen molar-refractivity contribution < 1.29 is 9.21 Å². The number of fused-ring (bicyclic) bond motifs is 3. The summed E-state index contributed by atoms with van der Waals surface area (Å²) in [6.07, 6.45) is 3.29. The maximum Gasteiger partial charge on any atom is 0.293 e. The average Bonchev–Trinajstić information content (AvgIpc) is 3.19. The number of thiazole rings is 1. The molecule has 2 aromatic heterocycles. The van der Waals surface area contributed by atoms with Gasteiger partial charge in [-0.15, -0.1) is 11.3 Å². The molecular weight excluding hydrogens is 308 g/mol. The van der Waals surface area contributed by atoms with Crippen molar-refractivity contribution in [2.45, 2.75) is 26.7 Å². The third-order valence-electron chi connectivity index (χ3n) is 4.20. The van der Waals surface area contributed by atoms with E-state index in [1.165, 1.54) is 27.3 Å².